The molecule has 7 heteroatoms. The first-order valence-corrected chi connectivity index (χ1v) is 8.25. The molecule has 2 heterocycles. The van der Waals surface area contributed by atoms with E-state index in [2.05, 4.69) is 9.97 Å². The molecule has 1 aromatic heterocycles. The maximum atomic E-state index is 12.8. The molecule has 0 radical (unpaired) electrons. The summed E-state index contributed by atoms with van der Waals surface area (Å²) in [6, 6.07) is 14.5. The van der Waals surface area contributed by atoms with Crippen LogP contribution >= 0.6 is 0 Å². The predicted octanol–water partition coefficient (Wildman–Crippen LogP) is 1.84. The second-order valence-corrected chi connectivity index (χ2v) is 6.12. The minimum atomic E-state index is -0.549. The van der Waals surface area contributed by atoms with Crippen molar-refractivity contribution >= 4 is 16.8 Å². The van der Waals surface area contributed by atoms with Crippen LogP contribution in [0.25, 0.3) is 10.9 Å². The first-order valence-electron chi connectivity index (χ1n) is 8.25. The van der Waals surface area contributed by atoms with Crippen molar-refractivity contribution < 1.29 is 14.3 Å². The lowest BCUT2D eigenvalue weighted by Crippen LogP contribution is -2.42. The van der Waals surface area contributed by atoms with Crippen molar-refractivity contribution in [2.75, 3.05) is 20.2 Å². The summed E-state index contributed by atoms with van der Waals surface area (Å²) in [7, 11) is 1.66. The number of amides is 1. The Kier molecular flexibility index (Phi) is 4.04. The van der Waals surface area contributed by atoms with E-state index in [9.17, 15) is 9.59 Å². The van der Waals surface area contributed by atoms with Gasteiger partial charge < -0.3 is 19.4 Å². The van der Waals surface area contributed by atoms with Crippen LogP contribution < -0.4 is 15.2 Å². The second kappa shape index (κ2) is 6.51. The molecule has 0 fully saturated rings. The van der Waals surface area contributed by atoms with Gasteiger partial charge in [-0.05, 0) is 18.2 Å². The van der Waals surface area contributed by atoms with Crippen LogP contribution in [-0.2, 0) is 0 Å². The van der Waals surface area contributed by atoms with Gasteiger partial charge in [-0.2, -0.15) is 4.98 Å². The maximum Gasteiger partial charge on any atom is 0.346 e. The van der Waals surface area contributed by atoms with Crippen LogP contribution in [0.1, 0.15) is 10.5 Å². The smallest absolute Gasteiger partial charge is 0.346 e. The zero-order valence-corrected chi connectivity index (χ0v) is 14.1. The van der Waals surface area contributed by atoms with Gasteiger partial charge in [0.05, 0.1) is 12.1 Å². The van der Waals surface area contributed by atoms with Gasteiger partial charge in [-0.25, -0.2) is 4.79 Å². The van der Waals surface area contributed by atoms with E-state index in [0.717, 1.165) is 0 Å². The lowest BCUT2D eigenvalue weighted by atomic mass is 10.1. The first-order chi connectivity index (χ1) is 12.6. The number of aromatic amines is 1. The predicted molar refractivity (Wildman–Crippen MR) is 95.7 cm³/mol. The normalized spacial score (nSPS) is 15.7. The SMILES string of the molecule is CN(CC1COc2ccccc2O1)C(=O)c1nc(=O)[nH]c2ccccc12. The molecule has 7 nitrogen and oxygen atoms in total. The van der Waals surface area contributed by atoms with Gasteiger partial charge in [-0.3, -0.25) is 4.79 Å². The number of nitrogens with zero attached hydrogens (tertiary/aromatic N) is 2. The van der Waals surface area contributed by atoms with Gasteiger partial charge in [0, 0.05) is 12.4 Å². The molecular weight excluding hydrogens is 334 g/mol. The Bertz CT molecular complexity index is 1030. The van der Waals surface area contributed by atoms with Crippen molar-refractivity contribution in [2.24, 2.45) is 0 Å². The number of H-pyrrole nitrogens is 1. The highest BCUT2D eigenvalue weighted by Crippen LogP contribution is 2.31. The highest BCUT2D eigenvalue weighted by Gasteiger charge is 2.25. The number of nitrogens with one attached hydrogen (secondary N) is 1. The molecule has 1 unspecified atom stereocenters. The fraction of sp³-hybridized carbons (Fsp3) is 0.211. The molecule has 1 amide bonds. The van der Waals surface area contributed by atoms with Gasteiger partial charge in [0.1, 0.15) is 12.3 Å². The molecule has 0 bridgehead atoms. The topological polar surface area (TPSA) is 84.5 Å². The number of ether oxygens (including phenoxy) is 2. The van der Waals surface area contributed by atoms with Crippen LogP contribution in [0.4, 0.5) is 0 Å². The molecule has 1 N–H and O–H groups in total. The number of para-hydroxylation sites is 3. The summed E-state index contributed by atoms with van der Waals surface area (Å²) in [5.74, 6) is 1.01. The van der Waals surface area contributed by atoms with Crippen molar-refractivity contribution in [1.82, 2.24) is 14.9 Å². The number of carbonyl (C=O) groups is 1. The Labute approximate surface area is 149 Å². The third-order valence-corrected chi connectivity index (χ3v) is 4.23. The lowest BCUT2D eigenvalue weighted by Gasteiger charge is -2.29. The largest absolute Gasteiger partial charge is 0.486 e. The quantitative estimate of drug-likeness (QED) is 0.778. The molecule has 1 aliphatic heterocycles. The highest BCUT2D eigenvalue weighted by molar-refractivity contribution is 6.03. The van der Waals surface area contributed by atoms with Crippen LogP contribution in [0.2, 0.25) is 0 Å². The second-order valence-electron chi connectivity index (χ2n) is 6.12. The zero-order chi connectivity index (χ0) is 18.1. The van der Waals surface area contributed by atoms with Gasteiger partial charge in [-0.1, -0.05) is 30.3 Å². The molecule has 0 saturated heterocycles. The van der Waals surface area contributed by atoms with Gasteiger partial charge in [-0.15, -0.1) is 0 Å². The molecule has 1 aliphatic rings. The van der Waals surface area contributed by atoms with E-state index >= 15 is 0 Å². The number of hydrogen-bond acceptors (Lipinski definition) is 5. The highest BCUT2D eigenvalue weighted by atomic mass is 16.6. The summed E-state index contributed by atoms with van der Waals surface area (Å²) >= 11 is 0. The Morgan fingerprint density at radius 3 is 2.77 bits per heavy atom. The van der Waals surface area contributed by atoms with Crippen molar-refractivity contribution in [3.63, 3.8) is 0 Å². The minimum Gasteiger partial charge on any atom is -0.486 e. The molecule has 3 aromatic rings. The summed E-state index contributed by atoms with van der Waals surface area (Å²) in [5.41, 5.74) is 0.158. The first kappa shape index (κ1) is 16.1. The average molecular weight is 351 g/mol. The van der Waals surface area contributed by atoms with E-state index in [1.54, 1.807) is 31.3 Å². The van der Waals surface area contributed by atoms with E-state index in [4.69, 9.17) is 9.47 Å². The maximum absolute atomic E-state index is 12.8. The van der Waals surface area contributed by atoms with Gasteiger partial charge in [0.25, 0.3) is 5.91 Å². The van der Waals surface area contributed by atoms with Gasteiger partial charge in [0.15, 0.2) is 17.6 Å². The van der Waals surface area contributed by atoms with Crippen LogP contribution in [0.3, 0.4) is 0 Å². The molecule has 0 spiro atoms. The summed E-state index contributed by atoms with van der Waals surface area (Å²) in [5, 5.41) is 0.607. The van der Waals surface area contributed by atoms with E-state index < -0.39 is 5.69 Å². The number of aromatic nitrogens is 2. The minimum absolute atomic E-state index is 0.129. The van der Waals surface area contributed by atoms with E-state index in [1.807, 2.05) is 24.3 Å². The third-order valence-electron chi connectivity index (χ3n) is 4.23. The van der Waals surface area contributed by atoms with E-state index in [0.29, 0.717) is 35.6 Å². The number of fused-ring (bicyclic) bond motifs is 2. The van der Waals surface area contributed by atoms with Crippen molar-refractivity contribution in [3.8, 4) is 11.5 Å². The Morgan fingerprint density at radius 2 is 1.92 bits per heavy atom. The molecular formula is C19H17N3O4. The van der Waals surface area contributed by atoms with Crippen LogP contribution in [0.15, 0.2) is 53.3 Å². The summed E-state index contributed by atoms with van der Waals surface area (Å²) in [4.78, 5) is 32.6. The van der Waals surface area contributed by atoms with Gasteiger partial charge in [0.2, 0.25) is 0 Å². The van der Waals surface area contributed by atoms with E-state index in [1.165, 1.54) is 4.90 Å². The fourth-order valence-electron chi connectivity index (χ4n) is 2.99. The molecule has 1 atom stereocenters. The number of benzene rings is 2. The number of likely N-dealkylation sites (N-methyl/N-ethyl adjacent to an activating group) is 1. The monoisotopic (exact) mass is 351 g/mol. The Hall–Kier alpha value is -3.35. The summed E-state index contributed by atoms with van der Waals surface area (Å²) in [6.07, 6.45) is -0.299. The Morgan fingerprint density at radius 1 is 1.19 bits per heavy atom. The summed E-state index contributed by atoms with van der Waals surface area (Å²) in [6.45, 7) is 0.661. The lowest BCUT2D eigenvalue weighted by molar-refractivity contribution is 0.0518. The number of hydrogen-bond donors (Lipinski definition) is 1. The number of rotatable bonds is 3. The average Bonchev–Trinajstić information content (AvgIpc) is 2.66. The van der Waals surface area contributed by atoms with Crippen molar-refractivity contribution in [3.05, 3.63) is 64.7 Å². The van der Waals surface area contributed by atoms with Crippen LogP contribution in [0, 0.1) is 0 Å². The van der Waals surface area contributed by atoms with Crippen LogP contribution in [-0.4, -0.2) is 47.1 Å². The molecule has 0 aliphatic carbocycles. The molecule has 26 heavy (non-hydrogen) atoms. The fourth-order valence-corrected chi connectivity index (χ4v) is 2.99. The third kappa shape index (κ3) is 2.99. The van der Waals surface area contributed by atoms with E-state index in [-0.39, 0.29) is 17.7 Å². The van der Waals surface area contributed by atoms with Crippen molar-refractivity contribution in [2.45, 2.75) is 6.10 Å². The molecule has 132 valence electrons. The molecule has 4 rings (SSSR count). The standard InChI is InChI=1S/C19H17N3O4/c1-22(10-12-11-25-15-8-4-5-9-16(15)26-12)18(23)17-13-6-2-3-7-14(13)20-19(24)21-17/h2-9,12H,10-11H2,1H3,(H,20,21,24). The summed E-state index contributed by atoms with van der Waals surface area (Å²) < 4.78 is 11.6. The van der Waals surface area contributed by atoms with Crippen molar-refractivity contribution in [1.29, 1.82) is 0 Å². The van der Waals surface area contributed by atoms with Gasteiger partial charge >= 0.3 is 5.69 Å². The zero-order valence-electron chi connectivity index (χ0n) is 14.1. The Balaban J connectivity index is 1.55. The number of carbonyl (C=O) groups excluding carboxylic acids is 1. The molecule has 2 aromatic carbocycles. The molecule has 0 saturated carbocycles. The van der Waals surface area contributed by atoms with Crippen LogP contribution in [0.5, 0.6) is 11.5 Å².